The fraction of sp³-hybridized carbons (Fsp3) is 0.450. The number of benzene rings is 1. The van der Waals surface area contributed by atoms with Crippen LogP contribution >= 0.6 is 11.3 Å². The third-order valence-electron chi connectivity index (χ3n) is 5.44. The van der Waals surface area contributed by atoms with E-state index in [0.29, 0.717) is 16.6 Å². The molecule has 0 spiro atoms. The standard InChI is InChI=1S/C20H17F2N5OS/c21-20(22)6-5-13(8-20)16(12-3-4-14(9-23)15(7-12)10-24)17(28)25-19-27-26-18(29-19)11-1-2-11/h3-4,7,11,13,16H,1-2,5-6,8H2,(H,25,27,28)/t13-,16-/m1/s1. The minimum Gasteiger partial charge on any atom is -0.300 e. The third-order valence-corrected chi connectivity index (χ3v) is 6.44. The van der Waals surface area contributed by atoms with Crippen LogP contribution in [0.3, 0.4) is 0 Å². The second-order valence-corrected chi connectivity index (χ2v) is 8.58. The van der Waals surface area contributed by atoms with Crippen molar-refractivity contribution in [2.45, 2.75) is 49.9 Å². The van der Waals surface area contributed by atoms with E-state index in [1.807, 2.05) is 12.1 Å². The highest BCUT2D eigenvalue weighted by Gasteiger charge is 2.45. The molecule has 1 aromatic heterocycles. The monoisotopic (exact) mass is 413 g/mol. The van der Waals surface area contributed by atoms with E-state index in [4.69, 9.17) is 5.26 Å². The molecule has 2 fully saturated rings. The van der Waals surface area contributed by atoms with E-state index >= 15 is 0 Å². The summed E-state index contributed by atoms with van der Waals surface area (Å²) in [6.45, 7) is 0. The largest absolute Gasteiger partial charge is 0.300 e. The highest BCUT2D eigenvalue weighted by molar-refractivity contribution is 7.15. The number of aromatic nitrogens is 2. The smallest absolute Gasteiger partial charge is 0.248 e. The van der Waals surface area contributed by atoms with Crippen molar-refractivity contribution in [2.24, 2.45) is 5.92 Å². The number of nitrogens with one attached hydrogen (secondary N) is 1. The summed E-state index contributed by atoms with van der Waals surface area (Å²) in [4.78, 5) is 13.1. The van der Waals surface area contributed by atoms with Gasteiger partial charge in [0.2, 0.25) is 17.0 Å². The predicted molar refractivity (Wildman–Crippen MR) is 101 cm³/mol. The molecule has 1 amide bonds. The summed E-state index contributed by atoms with van der Waals surface area (Å²) < 4.78 is 27.8. The Balaban J connectivity index is 1.63. The Labute approximate surface area is 170 Å². The van der Waals surface area contributed by atoms with Crippen molar-refractivity contribution in [3.8, 4) is 12.1 Å². The Morgan fingerprint density at radius 3 is 2.59 bits per heavy atom. The molecule has 2 aliphatic carbocycles. The van der Waals surface area contributed by atoms with Crippen LogP contribution in [0.4, 0.5) is 13.9 Å². The number of carbonyl (C=O) groups excluding carboxylic acids is 1. The van der Waals surface area contributed by atoms with Crippen molar-refractivity contribution in [2.75, 3.05) is 5.32 Å². The van der Waals surface area contributed by atoms with E-state index in [1.165, 1.54) is 23.5 Å². The summed E-state index contributed by atoms with van der Waals surface area (Å²) in [5.74, 6) is -4.29. The van der Waals surface area contributed by atoms with Crippen molar-refractivity contribution in [1.29, 1.82) is 10.5 Å². The molecule has 1 heterocycles. The molecule has 1 aromatic carbocycles. The maximum atomic E-state index is 13.9. The lowest BCUT2D eigenvalue weighted by Gasteiger charge is -2.23. The zero-order valence-electron chi connectivity index (χ0n) is 15.4. The molecule has 6 nitrogen and oxygen atoms in total. The highest BCUT2D eigenvalue weighted by Crippen LogP contribution is 2.46. The Morgan fingerprint density at radius 2 is 1.97 bits per heavy atom. The number of carbonyl (C=O) groups is 1. The zero-order valence-corrected chi connectivity index (χ0v) is 16.2. The molecule has 2 atom stereocenters. The maximum absolute atomic E-state index is 13.9. The van der Waals surface area contributed by atoms with Gasteiger partial charge in [-0.25, -0.2) is 8.78 Å². The second-order valence-electron chi connectivity index (χ2n) is 7.57. The van der Waals surface area contributed by atoms with Gasteiger partial charge in [0.15, 0.2) is 0 Å². The first-order valence-electron chi connectivity index (χ1n) is 9.36. The lowest BCUT2D eigenvalue weighted by atomic mass is 9.83. The maximum Gasteiger partial charge on any atom is 0.248 e. The van der Waals surface area contributed by atoms with Gasteiger partial charge >= 0.3 is 0 Å². The first-order valence-corrected chi connectivity index (χ1v) is 10.2. The molecular weight excluding hydrogens is 396 g/mol. The van der Waals surface area contributed by atoms with Gasteiger partial charge in [0.05, 0.1) is 17.0 Å². The molecule has 9 heteroatoms. The number of hydrogen-bond donors (Lipinski definition) is 1. The van der Waals surface area contributed by atoms with Crippen molar-refractivity contribution in [1.82, 2.24) is 10.2 Å². The molecule has 4 rings (SSSR count). The van der Waals surface area contributed by atoms with E-state index in [0.717, 1.165) is 17.8 Å². The fourth-order valence-electron chi connectivity index (χ4n) is 3.82. The van der Waals surface area contributed by atoms with Gasteiger partial charge in [-0.15, -0.1) is 10.2 Å². The van der Waals surface area contributed by atoms with Gasteiger partial charge in [0.1, 0.15) is 17.1 Å². The summed E-state index contributed by atoms with van der Waals surface area (Å²) >= 11 is 1.30. The summed E-state index contributed by atoms with van der Waals surface area (Å²) in [5.41, 5.74) is 0.762. The van der Waals surface area contributed by atoms with Gasteiger partial charge in [-0.3, -0.25) is 10.1 Å². The minimum atomic E-state index is -2.81. The van der Waals surface area contributed by atoms with Crippen LogP contribution in [-0.4, -0.2) is 22.0 Å². The van der Waals surface area contributed by atoms with Crippen molar-refractivity contribution in [3.05, 3.63) is 39.9 Å². The second kappa shape index (κ2) is 7.49. The Bertz CT molecular complexity index is 1030. The lowest BCUT2D eigenvalue weighted by molar-refractivity contribution is -0.118. The van der Waals surface area contributed by atoms with Crippen molar-refractivity contribution < 1.29 is 13.6 Å². The van der Waals surface area contributed by atoms with Crippen LogP contribution in [0.2, 0.25) is 0 Å². The molecule has 0 bridgehead atoms. The van der Waals surface area contributed by atoms with E-state index in [1.54, 1.807) is 6.07 Å². The Kier molecular flexibility index (Phi) is 5.01. The molecule has 0 aliphatic heterocycles. The third kappa shape index (κ3) is 4.10. The molecule has 29 heavy (non-hydrogen) atoms. The number of anilines is 1. The molecule has 0 saturated heterocycles. The molecule has 2 aliphatic rings. The number of alkyl halides is 2. The van der Waals surface area contributed by atoms with Gasteiger partial charge in [-0.2, -0.15) is 10.5 Å². The van der Waals surface area contributed by atoms with Crippen molar-refractivity contribution in [3.63, 3.8) is 0 Å². The lowest BCUT2D eigenvalue weighted by Crippen LogP contribution is -2.27. The normalized spacial score (nSPS) is 21.2. The van der Waals surface area contributed by atoms with Gasteiger partial charge in [-0.05, 0) is 42.9 Å². The summed E-state index contributed by atoms with van der Waals surface area (Å²) in [6.07, 6.45) is 1.66. The quantitative estimate of drug-likeness (QED) is 0.786. The van der Waals surface area contributed by atoms with E-state index in [9.17, 15) is 18.8 Å². The molecule has 1 N–H and O–H groups in total. The minimum absolute atomic E-state index is 0.125. The van der Waals surface area contributed by atoms with Gasteiger partial charge in [-0.1, -0.05) is 17.4 Å². The van der Waals surface area contributed by atoms with Crippen LogP contribution in [0.1, 0.15) is 65.6 Å². The zero-order chi connectivity index (χ0) is 20.6. The number of halogens is 2. The van der Waals surface area contributed by atoms with Gasteiger partial charge in [0, 0.05) is 18.8 Å². The molecule has 0 unspecified atom stereocenters. The van der Waals surface area contributed by atoms with E-state index in [-0.39, 0.29) is 24.0 Å². The molecule has 148 valence electrons. The topological polar surface area (TPSA) is 102 Å². The number of hydrogen-bond acceptors (Lipinski definition) is 6. The summed E-state index contributed by atoms with van der Waals surface area (Å²) in [7, 11) is 0. The van der Waals surface area contributed by atoms with Crippen LogP contribution in [0.25, 0.3) is 0 Å². The summed E-state index contributed by atoms with van der Waals surface area (Å²) in [5, 5.41) is 30.5. The number of rotatable bonds is 5. The molecule has 2 aromatic rings. The van der Waals surface area contributed by atoms with Gasteiger partial charge in [0.25, 0.3) is 0 Å². The summed E-state index contributed by atoms with van der Waals surface area (Å²) in [6, 6.07) is 8.34. The molecular formula is C20H17F2N5OS. The van der Waals surface area contributed by atoms with Crippen LogP contribution in [0.5, 0.6) is 0 Å². The van der Waals surface area contributed by atoms with Crippen molar-refractivity contribution >= 4 is 22.4 Å². The van der Waals surface area contributed by atoms with E-state index < -0.39 is 30.1 Å². The average Bonchev–Trinajstić information content (AvgIpc) is 3.35. The van der Waals surface area contributed by atoms with Crippen LogP contribution in [-0.2, 0) is 4.79 Å². The highest BCUT2D eigenvalue weighted by atomic mass is 32.1. The van der Waals surface area contributed by atoms with Crippen LogP contribution in [0, 0.1) is 28.6 Å². The molecule has 2 saturated carbocycles. The molecule has 0 radical (unpaired) electrons. The van der Waals surface area contributed by atoms with E-state index in [2.05, 4.69) is 15.5 Å². The Morgan fingerprint density at radius 1 is 1.21 bits per heavy atom. The Hall–Kier alpha value is -2.91. The van der Waals surface area contributed by atoms with Gasteiger partial charge < -0.3 is 0 Å². The SMILES string of the molecule is N#Cc1ccc([C@@H](C(=O)Nc2nnc(C3CC3)s2)[C@@H]2CCC(F)(F)C2)cc1C#N. The van der Waals surface area contributed by atoms with Crippen LogP contribution < -0.4 is 5.32 Å². The fourth-order valence-corrected chi connectivity index (χ4v) is 4.73. The number of nitrogens with zero attached hydrogens (tertiary/aromatic N) is 4. The average molecular weight is 413 g/mol. The number of nitriles is 2. The van der Waals surface area contributed by atoms with Crippen LogP contribution in [0.15, 0.2) is 18.2 Å². The first kappa shape index (κ1) is 19.4. The predicted octanol–water partition coefficient (Wildman–Crippen LogP) is 4.32. The first-order chi connectivity index (χ1) is 13.9. The number of amides is 1.